The topological polar surface area (TPSA) is 87.6 Å². The van der Waals surface area contributed by atoms with Crippen LogP contribution >= 0.6 is 0 Å². The van der Waals surface area contributed by atoms with E-state index in [4.69, 9.17) is 0 Å². The Hall–Kier alpha value is -2.81. The van der Waals surface area contributed by atoms with Gasteiger partial charge in [0.15, 0.2) is 5.82 Å². The minimum atomic E-state index is -3.58. The Morgan fingerprint density at radius 2 is 1.79 bits per heavy atom. The fourth-order valence-electron chi connectivity index (χ4n) is 2.15. The normalized spacial score (nSPS) is 13.0. The monoisotopic (exact) mass is 335 g/mol. The number of hydrogen-bond donors (Lipinski definition) is 2. The van der Waals surface area contributed by atoms with Gasteiger partial charge in [0.1, 0.15) is 17.6 Å². The van der Waals surface area contributed by atoms with Crippen LogP contribution in [0.5, 0.6) is 0 Å². The maximum absolute atomic E-state index is 14.3. The van der Waals surface area contributed by atoms with E-state index in [2.05, 4.69) is 25.6 Å². The molecular weight excluding hydrogens is 323 g/mol. The van der Waals surface area contributed by atoms with Gasteiger partial charge in [-0.1, -0.05) is 18.2 Å². The molecule has 1 aromatic carbocycles. The molecule has 2 aromatic heterocycles. The second-order valence-corrected chi connectivity index (χ2v) is 5.13. The minimum Gasteiger partial charge on any atom is -0.386 e. The lowest BCUT2D eigenvalue weighted by Gasteiger charge is -2.21. The van der Waals surface area contributed by atoms with E-state index in [9.17, 15) is 18.3 Å². The van der Waals surface area contributed by atoms with E-state index in [1.807, 2.05) is 0 Å². The number of nitrogens with one attached hydrogen (secondary N) is 1. The molecule has 3 rings (SSSR count). The molecule has 0 spiro atoms. The lowest BCUT2D eigenvalue weighted by Crippen LogP contribution is -2.34. The first-order chi connectivity index (χ1) is 11.5. The summed E-state index contributed by atoms with van der Waals surface area (Å²) in [6, 6.07) is 8.15. The van der Waals surface area contributed by atoms with E-state index in [1.54, 1.807) is 0 Å². The highest BCUT2D eigenvalue weighted by molar-refractivity contribution is 5.62. The molecule has 0 amide bonds. The number of rotatable bonds is 5. The highest BCUT2D eigenvalue weighted by Gasteiger charge is 2.42. The van der Waals surface area contributed by atoms with Gasteiger partial charge in [-0.05, 0) is 34.2 Å². The summed E-state index contributed by atoms with van der Waals surface area (Å²) in [6.07, 6.45) is -1.22. The van der Waals surface area contributed by atoms with Gasteiger partial charge in [-0.15, -0.1) is 5.10 Å². The fourth-order valence-corrected chi connectivity index (χ4v) is 2.15. The number of halogens is 3. The van der Waals surface area contributed by atoms with Crippen LogP contribution in [0.2, 0.25) is 0 Å². The van der Waals surface area contributed by atoms with Crippen molar-refractivity contribution in [2.24, 2.45) is 0 Å². The van der Waals surface area contributed by atoms with Crippen LogP contribution in [0, 0.1) is 5.82 Å². The molecule has 2 heterocycles. The summed E-state index contributed by atoms with van der Waals surface area (Å²) in [5.41, 5.74) is 0.629. The van der Waals surface area contributed by atoms with E-state index < -0.39 is 24.1 Å². The van der Waals surface area contributed by atoms with Gasteiger partial charge >= 0.3 is 5.92 Å². The zero-order chi connectivity index (χ0) is 17.2. The summed E-state index contributed by atoms with van der Waals surface area (Å²) in [4.78, 5) is 3.73. The van der Waals surface area contributed by atoms with Gasteiger partial charge in [0.2, 0.25) is 0 Å². The van der Waals surface area contributed by atoms with Crippen molar-refractivity contribution in [1.82, 2.24) is 25.6 Å². The number of aromatic nitrogens is 5. The third kappa shape index (κ3) is 3.25. The zero-order valence-electron chi connectivity index (χ0n) is 12.2. The molecule has 0 radical (unpaired) electrons. The molecule has 0 bridgehead atoms. The maximum Gasteiger partial charge on any atom is 0.315 e. The molecule has 0 aliphatic heterocycles. The van der Waals surface area contributed by atoms with Gasteiger partial charge in [0.25, 0.3) is 0 Å². The smallest absolute Gasteiger partial charge is 0.315 e. The third-order valence-corrected chi connectivity index (χ3v) is 3.48. The first-order valence-electron chi connectivity index (χ1n) is 6.98. The standard InChI is InChI=1S/C15H12F3N5O/c16-11-4-1-9(2-5-11)10-3-6-12(19-8-10)15(17,18)13(24)7-14-20-22-23-21-14/h1-6,8,13,24H,7H2,(H,20,21,22,23). The molecule has 1 unspecified atom stereocenters. The van der Waals surface area contributed by atoms with Crippen molar-refractivity contribution in [3.8, 4) is 11.1 Å². The van der Waals surface area contributed by atoms with Crippen LogP contribution in [-0.4, -0.2) is 36.8 Å². The SMILES string of the molecule is OC(Cc1nnn[nH]1)C(F)(F)c1ccc(-c2ccc(F)cc2)cn1. The Bertz CT molecular complexity index is 791. The average Bonchev–Trinajstić information content (AvgIpc) is 3.08. The molecule has 24 heavy (non-hydrogen) atoms. The van der Waals surface area contributed by atoms with Gasteiger partial charge < -0.3 is 5.11 Å². The summed E-state index contributed by atoms with van der Waals surface area (Å²) >= 11 is 0. The van der Waals surface area contributed by atoms with Crippen LogP contribution < -0.4 is 0 Å². The molecule has 124 valence electrons. The van der Waals surface area contributed by atoms with E-state index in [0.29, 0.717) is 11.1 Å². The fraction of sp³-hybridized carbons (Fsp3) is 0.200. The Morgan fingerprint density at radius 3 is 2.38 bits per heavy atom. The average molecular weight is 335 g/mol. The first kappa shape index (κ1) is 16.1. The largest absolute Gasteiger partial charge is 0.386 e. The molecule has 0 saturated heterocycles. The van der Waals surface area contributed by atoms with E-state index in [0.717, 1.165) is 6.07 Å². The molecule has 6 nitrogen and oxygen atoms in total. The molecule has 0 saturated carbocycles. The number of benzene rings is 1. The number of aromatic amines is 1. The highest BCUT2D eigenvalue weighted by Crippen LogP contribution is 2.32. The molecule has 2 N–H and O–H groups in total. The molecule has 0 fully saturated rings. The summed E-state index contributed by atoms with van der Waals surface area (Å²) in [7, 11) is 0. The zero-order valence-corrected chi connectivity index (χ0v) is 12.2. The van der Waals surface area contributed by atoms with Crippen LogP contribution in [0.1, 0.15) is 11.5 Å². The van der Waals surface area contributed by atoms with Crippen molar-refractivity contribution in [1.29, 1.82) is 0 Å². The molecular formula is C15H12F3N5O. The summed E-state index contributed by atoms with van der Waals surface area (Å²) in [5, 5.41) is 22.1. The van der Waals surface area contributed by atoms with Crippen molar-refractivity contribution < 1.29 is 18.3 Å². The van der Waals surface area contributed by atoms with Gasteiger partial charge in [0, 0.05) is 18.2 Å². The molecule has 3 aromatic rings. The lowest BCUT2D eigenvalue weighted by molar-refractivity contribution is -0.117. The number of tetrazole rings is 1. The predicted molar refractivity (Wildman–Crippen MR) is 77.4 cm³/mol. The van der Waals surface area contributed by atoms with Crippen molar-refractivity contribution in [2.75, 3.05) is 0 Å². The molecule has 9 heteroatoms. The second kappa shape index (κ2) is 6.36. The van der Waals surface area contributed by atoms with Gasteiger partial charge in [-0.25, -0.2) is 9.49 Å². The number of H-pyrrole nitrogens is 1. The Labute approximate surface area is 134 Å². The van der Waals surface area contributed by atoms with Crippen molar-refractivity contribution in [2.45, 2.75) is 18.4 Å². The van der Waals surface area contributed by atoms with Crippen molar-refractivity contribution in [3.05, 3.63) is 59.9 Å². The van der Waals surface area contributed by atoms with Crippen LogP contribution in [-0.2, 0) is 12.3 Å². The summed E-state index contributed by atoms with van der Waals surface area (Å²) in [5.74, 6) is -3.92. The Morgan fingerprint density at radius 1 is 1.08 bits per heavy atom. The van der Waals surface area contributed by atoms with Crippen LogP contribution in [0.3, 0.4) is 0 Å². The van der Waals surface area contributed by atoms with Gasteiger partial charge in [-0.3, -0.25) is 4.98 Å². The van der Waals surface area contributed by atoms with Gasteiger partial charge in [-0.2, -0.15) is 8.78 Å². The lowest BCUT2D eigenvalue weighted by atomic mass is 10.0. The maximum atomic E-state index is 14.3. The molecule has 0 aliphatic rings. The molecule has 1 atom stereocenters. The Balaban J connectivity index is 1.79. The predicted octanol–water partition coefficient (Wildman–Crippen LogP) is 2.10. The van der Waals surface area contributed by atoms with Gasteiger partial charge in [0.05, 0.1) is 0 Å². The number of aliphatic hydroxyl groups excluding tert-OH is 1. The minimum absolute atomic E-state index is 0.0464. The quantitative estimate of drug-likeness (QED) is 0.745. The highest BCUT2D eigenvalue weighted by atomic mass is 19.3. The van der Waals surface area contributed by atoms with E-state index in [-0.39, 0.29) is 11.6 Å². The summed E-state index contributed by atoms with van der Waals surface area (Å²) < 4.78 is 41.5. The second-order valence-electron chi connectivity index (χ2n) is 5.13. The Kier molecular flexibility index (Phi) is 4.26. The van der Waals surface area contributed by atoms with E-state index >= 15 is 0 Å². The first-order valence-corrected chi connectivity index (χ1v) is 6.98. The van der Waals surface area contributed by atoms with Crippen LogP contribution in [0.25, 0.3) is 11.1 Å². The van der Waals surface area contributed by atoms with Crippen molar-refractivity contribution in [3.63, 3.8) is 0 Å². The third-order valence-electron chi connectivity index (χ3n) is 3.48. The van der Waals surface area contributed by atoms with E-state index in [1.165, 1.54) is 36.5 Å². The number of pyridine rings is 1. The van der Waals surface area contributed by atoms with Crippen LogP contribution in [0.15, 0.2) is 42.6 Å². The van der Waals surface area contributed by atoms with Crippen LogP contribution in [0.4, 0.5) is 13.2 Å². The number of aliphatic hydroxyl groups is 1. The van der Waals surface area contributed by atoms with Crippen molar-refractivity contribution >= 4 is 0 Å². The molecule has 0 aliphatic carbocycles. The number of alkyl halides is 2. The number of nitrogens with zero attached hydrogens (tertiary/aromatic N) is 4. The number of hydrogen-bond acceptors (Lipinski definition) is 5. The summed E-state index contributed by atoms with van der Waals surface area (Å²) in [6.45, 7) is 0.